The van der Waals surface area contributed by atoms with Crippen molar-refractivity contribution in [2.75, 3.05) is 0 Å². The average Bonchev–Trinajstić information content (AvgIpc) is 2.13. The Labute approximate surface area is 63.9 Å². The maximum atomic E-state index is 10.6. The van der Waals surface area contributed by atoms with Gasteiger partial charge in [-0.05, 0) is 13.8 Å². The Bertz CT molecular complexity index is 242. The maximum Gasteiger partial charge on any atom is 0.135 e. The van der Waals surface area contributed by atoms with Gasteiger partial charge < -0.3 is 0 Å². The van der Waals surface area contributed by atoms with Crippen molar-refractivity contribution in [2.24, 2.45) is 0 Å². The molecule has 0 radical (unpaired) electrons. The molecule has 1 aromatic rings. The van der Waals surface area contributed by atoms with Crippen LogP contribution in [0.4, 0.5) is 0 Å². The molecule has 2 nitrogen and oxygen atoms in total. The molecule has 0 fully saturated rings. The van der Waals surface area contributed by atoms with E-state index in [2.05, 4.69) is 4.98 Å². The summed E-state index contributed by atoms with van der Waals surface area (Å²) in [5.74, 6) is 0.198. The van der Waals surface area contributed by atoms with E-state index in [0.717, 1.165) is 9.88 Å². The summed E-state index contributed by atoms with van der Waals surface area (Å²) in [6.07, 6.45) is 2.30. The van der Waals surface area contributed by atoms with Crippen LogP contribution in [0.25, 0.3) is 0 Å². The molecule has 10 heavy (non-hydrogen) atoms. The zero-order chi connectivity index (χ0) is 7.56. The summed E-state index contributed by atoms with van der Waals surface area (Å²) in [6.45, 7) is 3.53. The van der Waals surface area contributed by atoms with Gasteiger partial charge in [-0.1, -0.05) is 0 Å². The van der Waals surface area contributed by atoms with Crippen LogP contribution in [-0.4, -0.2) is 10.8 Å². The molecule has 0 saturated heterocycles. The van der Waals surface area contributed by atoms with Crippen molar-refractivity contribution < 1.29 is 4.79 Å². The number of thiazole rings is 1. The summed E-state index contributed by atoms with van der Waals surface area (Å²) in [5.41, 5.74) is 0. The fourth-order valence-electron chi connectivity index (χ4n) is 0.732. The van der Waals surface area contributed by atoms with Gasteiger partial charge in [0.25, 0.3) is 0 Å². The van der Waals surface area contributed by atoms with E-state index in [-0.39, 0.29) is 5.78 Å². The van der Waals surface area contributed by atoms with Gasteiger partial charge in [-0.2, -0.15) is 0 Å². The van der Waals surface area contributed by atoms with Gasteiger partial charge in [-0.15, -0.1) is 11.3 Å². The number of hydrogen-bond donors (Lipinski definition) is 0. The lowest BCUT2D eigenvalue weighted by atomic mass is 10.3. The fraction of sp³-hybridized carbons (Fsp3) is 0.429. The third-order valence-electron chi connectivity index (χ3n) is 1.09. The molecule has 0 saturated carbocycles. The van der Waals surface area contributed by atoms with Gasteiger partial charge >= 0.3 is 0 Å². The van der Waals surface area contributed by atoms with Crippen LogP contribution < -0.4 is 0 Å². The van der Waals surface area contributed by atoms with Crippen molar-refractivity contribution in [2.45, 2.75) is 20.3 Å². The van der Waals surface area contributed by atoms with E-state index in [9.17, 15) is 4.79 Å². The zero-order valence-corrected chi connectivity index (χ0v) is 6.86. The molecule has 0 N–H and O–H groups in total. The lowest BCUT2D eigenvalue weighted by molar-refractivity contribution is -0.116. The van der Waals surface area contributed by atoms with Crippen LogP contribution in [-0.2, 0) is 11.2 Å². The number of aryl methyl sites for hydroxylation is 1. The van der Waals surface area contributed by atoms with Gasteiger partial charge in [0, 0.05) is 17.5 Å². The molecule has 0 unspecified atom stereocenters. The van der Waals surface area contributed by atoms with Crippen LogP contribution in [0.1, 0.15) is 16.8 Å². The Morgan fingerprint density at radius 2 is 2.50 bits per heavy atom. The Balaban J connectivity index is 2.67. The third-order valence-corrected chi connectivity index (χ3v) is 2.01. The lowest BCUT2D eigenvalue weighted by Crippen LogP contribution is -1.92. The smallest absolute Gasteiger partial charge is 0.135 e. The summed E-state index contributed by atoms with van der Waals surface area (Å²) >= 11 is 1.58. The van der Waals surface area contributed by atoms with Crippen LogP contribution in [0.15, 0.2) is 6.20 Å². The Kier molecular flexibility index (Phi) is 2.17. The van der Waals surface area contributed by atoms with E-state index in [4.69, 9.17) is 0 Å². The molecular formula is C7H9NOS. The Morgan fingerprint density at radius 3 is 2.90 bits per heavy atom. The van der Waals surface area contributed by atoms with E-state index in [0.29, 0.717) is 6.42 Å². The number of carbonyl (C=O) groups excluding carboxylic acids is 1. The number of nitrogens with zero attached hydrogens (tertiary/aromatic N) is 1. The van der Waals surface area contributed by atoms with Crippen LogP contribution >= 0.6 is 11.3 Å². The number of rotatable bonds is 2. The summed E-state index contributed by atoms with van der Waals surface area (Å²) in [7, 11) is 0. The van der Waals surface area contributed by atoms with Crippen molar-refractivity contribution in [3.63, 3.8) is 0 Å². The van der Waals surface area contributed by atoms with Crippen LogP contribution in [0.3, 0.4) is 0 Å². The average molecular weight is 155 g/mol. The topological polar surface area (TPSA) is 30.0 Å². The highest BCUT2D eigenvalue weighted by Crippen LogP contribution is 2.11. The van der Waals surface area contributed by atoms with E-state index >= 15 is 0 Å². The molecule has 0 aliphatic heterocycles. The molecule has 1 heterocycles. The lowest BCUT2D eigenvalue weighted by Gasteiger charge is -1.85. The first-order valence-corrected chi connectivity index (χ1v) is 3.91. The van der Waals surface area contributed by atoms with Gasteiger partial charge in [0.2, 0.25) is 0 Å². The molecule has 1 rings (SSSR count). The maximum absolute atomic E-state index is 10.6. The highest BCUT2D eigenvalue weighted by Gasteiger charge is 1.99. The zero-order valence-electron chi connectivity index (χ0n) is 6.05. The summed E-state index contributed by atoms with van der Waals surface area (Å²) in [4.78, 5) is 15.7. The predicted molar refractivity (Wildman–Crippen MR) is 41.2 cm³/mol. The summed E-state index contributed by atoms with van der Waals surface area (Å²) < 4.78 is 0. The molecule has 0 atom stereocenters. The highest BCUT2D eigenvalue weighted by molar-refractivity contribution is 7.11. The largest absolute Gasteiger partial charge is 0.300 e. The normalized spacial score (nSPS) is 9.80. The van der Waals surface area contributed by atoms with Crippen molar-refractivity contribution in [3.05, 3.63) is 16.1 Å². The van der Waals surface area contributed by atoms with E-state index in [1.165, 1.54) is 0 Å². The molecule has 0 aromatic carbocycles. The van der Waals surface area contributed by atoms with Crippen LogP contribution in [0.2, 0.25) is 0 Å². The number of Topliss-reactive ketones (excluding diaryl/α,β-unsaturated/α-hetero) is 1. The monoisotopic (exact) mass is 155 g/mol. The van der Waals surface area contributed by atoms with Crippen molar-refractivity contribution in [3.8, 4) is 0 Å². The minimum Gasteiger partial charge on any atom is -0.300 e. The molecule has 3 heteroatoms. The first kappa shape index (κ1) is 7.41. The van der Waals surface area contributed by atoms with Gasteiger partial charge in [0.1, 0.15) is 5.78 Å². The molecule has 0 aliphatic rings. The number of hydrogen-bond acceptors (Lipinski definition) is 3. The van der Waals surface area contributed by atoms with E-state index < -0.39 is 0 Å². The van der Waals surface area contributed by atoms with Crippen molar-refractivity contribution >= 4 is 17.1 Å². The molecule has 0 aliphatic carbocycles. The quantitative estimate of drug-likeness (QED) is 0.649. The summed E-state index contributed by atoms with van der Waals surface area (Å²) in [6, 6.07) is 0. The molecule has 0 bridgehead atoms. The second-order valence-electron chi connectivity index (χ2n) is 2.22. The molecule has 54 valence electrons. The first-order chi connectivity index (χ1) is 4.68. The third kappa shape index (κ3) is 1.92. The molecule has 0 spiro atoms. The standard InChI is InChI=1S/C7H9NOS/c1-5(9)3-7-4-8-6(2)10-7/h4H,3H2,1-2H3. The van der Waals surface area contributed by atoms with Gasteiger partial charge in [0.15, 0.2) is 0 Å². The molecule has 0 amide bonds. The van der Waals surface area contributed by atoms with E-state index in [1.54, 1.807) is 24.5 Å². The second-order valence-corrected chi connectivity index (χ2v) is 3.54. The number of carbonyl (C=O) groups is 1. The highest BCUT2D eigenvalue weighted by atomic mass is 32.1. The SMILES string of the molecule is CC(=O)Cc1cnc(C)s1. The summed E-state index contributed by atoms with van der Waals surface area (Å²) in [5, 5.41) is 1.02. The first-order valence-electron chi connectivity index (χ1n) is 3.09. The number of aromatic nitrogens is 1. The molecule has 1 aromatic heterocycles. The minimum atomic E-state index is 0.198. The predicted octanol–water partition coefficient (Wildman–Crippen LogP) is 1.58. The van der Waals surface area contributed by atoms with E-state index in [1.807, 2.05) is 6.92 Å². The van der Waals surface area contributed by atoms with Crippen molar-refractivity contribution in [1.82, 2.24) is 4.98 Å². The Morgan fingerprint density at radius 1 is 1.80 bits per heavy atom. The number of ketones is 1. The van der Waals surface area contributed by atoms with Crippen LogP contribution in [0.5, 0.6) is 0 Å². The Hall–Kier alpha value is -0.700. The second kappa shape index (κ2) is 2.92. The van der Waals surface area contributed by atoms with Gasteiger partial charge in [0.05, 0.1) is 5.01 Å². The van der Waals surface area contributed by atoms with Gasteiger partial charge in [-0.25, -0.2) is 4.98 Å². The minimum absolute atomic E-state index is 0.198. The van der Waals surface area contributed by atoms with Gasteiger partial charge in [-0.3, -0.25) is 4.79 Å². The van der Waals surface area contributed by atoms with Crippen LogP contribution in [0, 0.1) is 6.92 Å². The van der Waals surface area contributed by atoms with Crippen molar-refractivity contribution in [1.29, 1.82) is 0 Å². The molecular weight excluding hydrogens is 146 g/mol. The fourth-order valence-corrected chi connectivity index (χ4v) is 1.60.